The molecule has 2 aliphatic carbocycles. The first-order valence-electron chi connectivity index (χ1n) is 6.36. The molecule has 4 atom stereocenters. The standard InChI is InChI=1S/C12H23N3O/c1-7(2)15-12(16)14-6-8-3-9-5-11(13)10(9)4-8/h7-11H,3-6,13H2,1-2H3,(H2,14,15,16). The third-order valence-electron chi connectivity index (χ3n) is 3.94. The topological polar surface area (TPSA) is 67.2 Å². The van der Waals surface area contributed by atoms with Crippen molar-refractivity contribution in [2.24, 2.45) is 23.5 Å². The lowest BCUT2D eigenvalue weighted by Crippen LogP contribution is -2.44. The average molecular weight is 225 g/mol. The van der Waals surface area contributed by atoms with Gasteiger partial charge in [0.15, 0.2) is 0 Å². The fourth-order valence-corrected chi connectivity index (χ4v) is 3.12. The lowest BCUT2D eigenvalue weighted by Gasteiger charge is -2.37. The van der Waals surface area contributed by atoms with E-state index in [1.165, 1.54) is 19.3 Å². The Morgan fingerprint density at radius 1 is 1.38 bits per heavy atom. The zero-order valence-corrected chi connectivity index (χ0v) is 10.2. The third kappa shape index (κ3) is 2.48. The van der Waals surface area contributed by atoms with E-state index in [1.807, 2.05) is 13.8 Å². The summed E-state index contributed by atoms with van der Waals surface area (Å²) in [6.07, 6.45) is 3.65. The monoisotopic (exact) mass is 225 g/mol. The highest BCUT2D eigenvalue weighted by atomic mass is 16.2. The van der Waals surface area contributed by atoms with Gasteiger partial charge in [-0.2, -0.15) is 0 Å². The van der Waals surface area contributed by atoms with E-state index in [2.05, 4.69) is 10.6 Å². The van der Waals surface area contributed by atoms with Crippen LogP contribution in [0, 0.1) is 17.8 Å². The number of hydrogen-bond acceptors (Lipinski definition) is 2. The van der Waals surface area contributed by atoms with Crippen LogP contribution in [0.1, 0.15) is 33.1 Å². The van der Waals surface area contributed by atoms with Gasteiger partial charge in [0.05, 0.1) is 0 Å². The molecular weight excluding hydrogens is 202 g/mol. The Balaban J connectivity index is 1.66. The van der Waals surface area contributed by atoms with Gasteiger partial charge in [0.2, 0.25) is 0 Å². The van der Waals surface area contributed by atoms with E-state index in [9.17, 15) is 4.79 Å². The van der Waals surface area contributed by atoms with Crippen molar-refractivity contribution in [1.82, 2.24) is 10.6 Å². The predicted molar refractivity (Wildman–Crippen MR) is 64.0 cm³/mol. The van der Waals surface area contributed by atoms with Crippen LogP contribution in [0.25, 0.3) is 0 Å². The summed E-state index contributed by atoms with van der Waals surface area (Å²) in [5, 5.41) is 5.79. The molecule has 0 aromatic heterocycles. The van der Waals surface area contributed by atoms with Gasteiger partial charge < -0.3 is 16.4 Å². The first-order valence-corrected chi connectivity index (χ1v) is 6.36. The number of amides is 2. The maximum absolute atomic E-state index is 11.4. The molecular formula is C12H23N3O. The van der Waals surface area contributed by atoms with Gasteiger partial charge in [0.25, 0.3) is 0 Å². The van der Waals surface area contributed by atoms with Gasteiger partial charge >= 0.3 is 6.03 Å². The Bertz CT molecular complexity index is 267. The van der Waals surface area contributed by atoms with E-state index in [1.54, 1.807) is 0 Å². The first kappa shape index (κ1) is 11.7. The van der Waals surface area contributed by atoms with Crippen molar-refractivity contribution < 1.29 is 4.79 Å². The lowest BCUT2D eigenvalue weighted by atomic mass is 9.72. The molecule has 0 radical (unpaired) electrons. The van der Waals surface area contributed by atoms with Crippen molar-refractivity contribution in [2.75, 3.05) is 6.54 Å². The first-order chi connectivity index (χ1) is 7.56. The molecule has 4 nitrogen and oxygen atoms in total. The molecule has 2 rings (SSSR count). The molecule has 4 N–H and O–H groups in total. The van der Waals surface area contributed by atoms with Crippen LogP contribution in [0.2, 0.25) is 0 Å². The smallest absolute Gasteiger partial charge is 0.314 e. The Morgan fingerprint density at radius 2 is 2.12 bits per heavy atom. The van der Waals surface area contributed by atoms with Gasteiger partial charge in [0, 0.05) is 18.6 Å². The second-order valence-electron chi connectivity index (χ2n) is 5.67. The predicted octanol–water partition coefficient (Wildman–Crippen LogP) is 1.07. The highest BCUT2D eigenvalue weighted by Crippen LogP contribution is 2.48. The highest BCUT2D eigenvalue weighted by molar-refractivity contribution is 5.74. The van der Waals surface area contributed by atoms with Gasteiger partial charge in [-0.1, -0.05) is 0 Å². The largest absolute Gasteiger partial charge is 0.338 e. The molecule has 0 aliphatic heterocycles. The van der Waals surface area contributed by atoms with Crippen LogP contribution >= 0.6 is 0 Å². The molecule has 0 heterocycles. The molecule has 92 valence electrons. The molecule has 0 aromatic rings. The van der Waals surface area contributed by atoms with Crippen molar-refractivity contribution in [3.63, 3.8) is 0 Å². The van der Waals surface area contributed by atoms with Crippen LogP contribution in [-0.2, 0) is 0 Å². The van der Waals surface area contributed by atoms with Crippen LogP contribution in [0.3, 0.4) is 0 Å². The van der Waals surface area contributed by atoms with E-state index in [-0.39, 0.29) is 12.1 Å². The van der Waals surface area contributed by atoms with Crippen molar-refractivity contribution in [3.05, 3.63) is 0 Å². The molecule has 0 spiro atoms. The Hall–Kier alpha value is -0.770. The summed E-state index contributed by atoms with van der Waals surface area (Å²) in [7, 11) is 0. The van der Waals surface area contributed by atoms with Crippen molar-refractivity contribution in [1.29, 1.82) is 0 Å². The zero-order chi connectivity index (χ0) is 11.7. The van der Waals surface area contributed by atoms with Crippen molar-refractivity contribution >= 4 is 6.03 Å². The van der Waals surface area contributed by atoms with Gasteiger partial charge in [-0.15, -0.1) is 0 Å². The minimum atomic E-state index is -0.0430. The summed E-state index contributed by atoms with van der Waals surface area (Å²) in [5.41, 5.74) is 5.95. The van der Waals surface area contributed by atoms with Crippen molar-refractivity contribution in [2.45, 2.75) is 45.2 Å². The highest BCUT2D eigenvalue weighted by Gasteiger charge is 2.45. The lowest BCUT2D eigenvalue weighted by molar-refractivity contribution is 0.173. The molecule has 2 amide bonds. The number of fused-ring (bicyclic) bond motifs is 1. The SMILES string of the molecule is CC(C)NC(=O)NCC1CC2CC(N)C2C1. The molecule has 4 heteroatoms. The van der Waals surface area contributed by atoms with Crippen LogP contribution in [0.15, 0.2) is 0 Å². The Kier molecular flexibility index (Phi) is 3.38. The molecule has 4 unspecified atom stereocenters. The number of hydrogen-bond donors (Lipinski definition) is 3. The third-order valence-corrected chi connectivity index (χ3v) is 3.94. The number of carbonyl (C=O) groups is 1. The van der Waals surface area contributed by atoms with Gasteiger partial charge in [-0.3, -0.25) is 0 Å². The molecule has 0 saturated heterocycles. The van der Waals surface area contributed by atoms with Gasteiger partial charge in [-0.25, -0.2) is 4.79 Å². The maximum atomic E-state index is 11.4. The molecule has 16 heavy (non-hydrogen) atoms. The number of rotatable bonds is 3. The fraction of sp³-hybridized carbons (Fsp3) is 0.917. The summed E-state index contributed by atoms with van der Waals surface area (Å²) < 4.78 is 0. The summed E-state index contributed by atoms with van der Waals surface area (Å²) in [6, 6.07) is 0.589. The molecule has 2 fully saturated rings. The molecule has 2 aliphatic rings. The Morgan fingerprint density at radius 3 is 2.69 bits per heavy atom. The number of carbonyl (C=O) groups excluding carboxylic acids is 1. The van der Waals surface area contributed by atoms with Crippen LogP contribution < -0.4 is 16.4 Å². The van der Waals surface area contributed by atoms with Crippen LogP contribution in [0.5, 0.6) is 0 Å². The van der Waals surface area contributed by atoms with Crippen LogP contribution in [0.4, 0.5) is 4.79 Å². The number of nitrogens with two attached hydrogens (primary N) is 1. The Labute approximate surface area is 97.3 Å². The van der Waals surface area contributed by atoms with E-state index >= 15 is 0 Å². The fourth-order valence-electron chi connectivity index (χ4n) is 3.12. The van der Waals surface area contributed by atoms with E-state index < -0.39 is 0 Å². The maximum Gasteiger partial charge on any atom is 0.314 e. The molecule has 2 saturated carbocycles. The number of nitrogens with one attached hydrogen (secondary N) is 2. The quantitative estimate of drug-likeness (QED) is 0.672. The normalized spacial score (nSPS) is 36.8. The molecule has 0 bridgehead atoms. The second-order valence-corrected chi connectivity index (χ2v) is 5.67. The van der Waals surface area contributed by atoms with Gasteiger partial charge in [0.1, 0.15) is 0 Å². The second kappa shape index (κ2) is 4.62. The zero-order valence-electron chi connectivity index (χ0n) is 10.2. The van der Waals surface area contributed by atoms with E-state index in [0.717, 1.165) is 18.4 Å². The average Bonchev–Trinajstić information content (AvgIpc) is 2.51. The minimum Gasteiger partial charge on any atom is -0.338 e. The van der Waals surface area contributed by atoms with Gasteiger partial charge in [-0.05, 0) is 50.9 Å². The number of urea groups is 1. The summed E-state index contributed by atoms with van der Waals surface area (Å²) in [6.45, 7) is 4.74. The van der Waals surface area contributed by atoms with Crippen molar-refractivity contribution in [3.8, 4) is 0 Å². The minimum absolute atomic E-state index is 0.0430. The molecule has 0 aromatic carbocycles. The summed E-state index contributed by atoms with van der Waals surface area (Å²) >= 11 is 0. The van der Waals surface area contributed by atoms with E-state index in [4.69, 9.17) is 5.73 Å². The summed E-state index contributed by atoms with van der Waals surface area (Å²) in [4.78, 5) is 11.4. The summed E-state index contributed by atoms with van der Waals surface area (Å²) in [5.74, 6) is 2.22. The van der Waals surface area contributed by atoms with E-state index in [0.29, 0.717) is 12.0 Å². The van der Waals surface area contributed by atoms with Crippen LogP contribution in [-0.4, -0.2) is 24.7 Å².